The second-order valence-electron chi connectivity index (χ2n) is 7.09. The van der Waals surface area contributed by atoms with Crippen molar-refractivity contribution in [1.29, 1.82) is 0 Å². The molecule has 1 aromatic rings. The number of H-pyrrole nitrogens is 1. The lowest BCUT2D eigenvalue weighted by atomic mass is 9.97. The van der Waals surface area contributed by atoms with Crippen molar-refractivity contribution in [1.82, 2.24) is 14.9 Å². The van der Waals surface area contributed by atoms with E-state index in [-0.39, 0.29) is 0 Å². The Morgan fingerprint density at radius 1 is 1.41 bits per heavy atom. The minimum atomic E-state index is -2.65. The first-order chi connectivity index (χ1) is 12.4. The number of amides is 1. The minimum absolute atomic E-state index is 0.504. The van der Waals surface area contributed by atoms with E-state index in [1.807, 2.05) is 4.98 Å². The van der Waals surface area contributed by atoms with E-state index in [1.165, 1.54) is 0 Å². The number of esters is 1. The number of rotatable bonds is 4. The molecular formula is C15H21N3O9. The molecule has 2 heterocycles. The van der Waals surface area contributed by atoms with Gasteiger partial charge in [-0.2, -0.15) is 0 Å². The molecule has 1 aliphatic heterocycles. The van der Waals surface area contributed by atoms with Crippen LogP contribution in [-0.4, -0.2) is 61.5 Å². The maximum atomic E-state index is 12.0. The van der Waals surface area contributed by atoms with E-state index in [0.29, 0.717) is 4.57 Å². The van der Waals surface area contributed by atoms with Crippen LogP contribution in [0.4, 0.5) is 4.79 Å². The average Bonchev–Trinajstić information content (AvgIpc) is 2.75. The summed E-state index contributed by atoms with van der Waals surface area (Å²) in [5.74, 6) is -0.613. The number of hydrogen-bond donors (Lipinski definition) is 5. The summed E-state index contributed by atoms with van der Waals surface area (Å²) < 4.78 is 11.1. The Morgan fingerprint density at radius 2 is 2.04 bits per heavy atom. The van der Waals surface area contributed by atoms with E-state index in [4.69, 9.17) is 14.6 Å². The van der Waals surface area contributed by atoms with Crippen molar-refractivity contribution in [2.45, 2.75) is 44.9 Å². The zero-order valence-electron chi connectivity index (χ0n) is 14.8. The van der Waals surface area contributed by atoms with E-state index in [1.54, 1.807) is 26.1 Å². The lowest BCUT2D eigenvalue weighted by molar-refractivity contribution is -0.159. The van der Waals surface area contributed by atoms with Gasteiger partial charge in [-0.05, 0) is 20.8 Å². The fraction of sp³-hybridized carbons (Fsp3) is 0.600. The number of nitrogens with zero attached hydrogens (tertiary/aromatic N) is 1. The summed E-state index contributed by atoms with van der Waals surface area (Å²) in [6, 6.07) is 0.950. The fourth-order valence-electron chi connectivity index (χ4n) is 2.47. The van der Waals surface area contributed by atoms with Crippen molar-refractivity contribution >= 4 is 12.1 Å². The van der Waals surface area contributed by atoms with Gasteiger partial charge in [-0.3, -0.25) is 24.5 Å². The zero-order chi connectivity index (χ0) is 20.6. The predicted octanol–water partition coefficient (Wildman–Crippen LogP) is -1.66. The Hall–Kier alpha value is -2.70. The summed E-state index contributed by atoms with van der Waals surface area (Å²) >= 11 is 0. The molecule has 0 aromatic carbocycles. The number of hydrogen-bond acceptors (Lipinski definition) is 8. The molecule has 1 aromatic heterocycles. The van der Waals surface area contributed by atoms with Crippen molar-refractivity contribution in [2.24, 2.45) is 5.41 Å². The van der Waals surface area contributed by atoms with Gasteiger partial charge in [0.05, 0.1) is 5.41 Å². The number of carboxylic acid groups (broad SMARTS) is 1. The number of carbonyl (C=O) groups is 2. The molecule has 5 N–H and O–H groups in total. The molecule has 0 radical (unpaired) electrons. The minimum Gasteiger partial charge on any atom is -0.465 e. The molecule has 1 fully saturated rings. The van der Waals surface area contributed by atoms with Gasteiger partial charge in [0.2, 0.25) is 5.72 Å². The maximum absolute atomic E-state index is 12.0. The summed E-state index contributed by atoms with van der Waals surface area (Å²) in [6.45, 7) is 4.31. The third kappa shape index (κ3) is 4.18. The number of carbonyl (C=O) groups excluding carboxylic acids is 1. The van der Waals surface area contributed by atoms with E-state index in [0.717, 1.165) is 12.3 Å². The second-order valence-corrected chi connectivity index (χ2v) is 7.09. The van der Waals surface area contributed by atoms with Crippen molar-refractivity contribution in [3.8, 4) is 0 Å². The molecule has 0 spiro atoms. The van der Waals surface area contributed by atoms with Gasteiger partial charge in [-0.1, -0.05) is 0 Å². The average molecular weight is 387 g/mol. The van der Waals surface area contributed by atoms with Crippen LogP contribution >= 0.6 is 0 Å². The summed E-state index contributed by atoms with van der Waals surface area (Å²) in [6.07, 6.45) is -5.69. The van der Waals surface area contributed by atoms with E-state index >= 15 is 0 Å². The summed E-state index contributed by atoms with van der Waals surface area (Å²) in [7, 11) is 0. The number of aromatic amines is 1. The predicted molar refractivity (Wildman–Crippen MR) is 87.8 cm³/mol. The fourth-order valence-corrected chi connectivity index (χ4v) is 2.47. The van der Waals surface area contributed by atoms with Gasteiger partial charge >= 0.3 is 17.8 Å². The van der Waals surface area contributed by atoms with Crippen molar-refractivity contribution < 1.29 is 34.4 Å². The van der Waals surface area contributed by atoms with Crippen LogP contribution in [-0.2, 0) is 14.3 Å². The Labute approximate surface area is 152 Å². The summed E-state index contributed by atoms with van der Waals surface area (Å²) in [5.41, 5.74) is -5.21. The molecule has 1 amide bonds. The van der Waals surface area contributed by atoms with Crippen LogP contribution in [0.3, 0.4) is 0 Å². The lowest BCUT2D eigenvalue weighted by Gasteiger charge is -2.31. The Morgan fingerprint density at radius 3 is 2.56 bits per heavy atom. The van der Waals surface area contributed by atoms with Gasteiger partial charge in [-0.25, -0.2) is 9.59 Å². The Kier molecular flexibility index (Phi) is 5.45. The highest BCUT2D eigenvalue weighted by Gasteiger charge is 2.58. The molecule has 12 heteroatoms. The van der Waals surface area contributed by atoms with Crippen LogP contribution in [0.15, 0.2) is 21.9 Å². The Bertz CT molecular complexity index is 840. The van der Waals surface area contributed by atoms with Gasteiger partial charge in [0, 0.05) is 12.3 Å². The zero-order valence-corrected chi connectivity index (χ0v) is 14.8. The molecule has 2 rings (SSSR count). The molecule has 27 heavy (non-hydrogen) atoms. The smallest absolute Gasteiger partial charge is 0.407 e. The van der Waals surface area contributed by atoms with Crippen molar-refractivity contribution in [2.75, 3.05) is 6.61 Å². The van der Waals surface area contributed by atoms with E-state index in [9.17, 15) is 29.4 Å². The second kappa shape index (κ2) is 7.13. The normalized spacial score (nSPS) is 28.0. The Balaban J connectivity index is 2.34. The van der Waals surface area contributed by atoms with Crippen LogP contribution in [0.2, 0.25) is 0 Å². The first-order valence-corrected chi connectivity index (χ1v) is 7.92. The summed E-state index contributed by atoms with van der Waals surface area (Å²) in [4.78, 5) is 48.1. The molecule has 1 aliphatic rings. The number of ether oxygens (including phenoxy) is 2. The van der Waals surface area contributed by atoms with Crippen molar-refractivity contribution in [3.63, 3.8) is 0 Å². The van der Waals surface area contributed by atoms with Gasteiger partial charge < -0.3 is 24.8 Å². The topological polar surface area (TPSA) is 180 Å². The third-order valence-electron chi connectivity index (χ3n) is 3.89. The van der Waals surface area contributed by atoms with Crippen LogP contribution in [0, 0.1) is 5.41 Å². The number of aliphatic hydroxyl groups is 2. The largest absolute Gasteiger partial charge is 0.465 e. The molecular weight excluding hydrogens is 366 g/mol. The molecule has 0 bridgehead atoms. The van der Waals surface area contributed by atoms with E-state index < -0.39 is 59.5 Å². The molecule has 150 valence electrons. The standard InChI is InChI=1S/C15H21N3O9/c1-14(2,3)11(21)26-6-7-9(20)15(25,17-13(23)24)10(27-7)18-5-4-8(19)16-12(18)22/h4-5,7,9-10,17,20,25H,6H2,1-3H3,(H,23,24)(H,16,19,22)/t7-,9+,10-,15-/m1/s1. The summed E-state index contributed by atoms with van der Waals surface area (Å²) in [5, 5.41) is 31.7. The van der Waals surface area contributed by atoms with Gasteiger partial charge in [-0.15, -0.1) is 0 Å². The lowest BCUT2D eigenvalue weighted by Crippen LogP contribution is -2.60. The van der Waals surface area contributed by atoms with E-state index in [2.05, 4.69) is 0 Å². The molecule has 1 saturated heterocycles. The molecule has 0 unspecified atom stereocenters. The molecule has 0 aliphatic carbocycles. The maximum Gasteiger partial charge on any atom is 0.407 e. The quantitative estimate of drug-likeness (QED) is 0.298. The molecule has 0 saturated carbocycles. The number of nitrogens with one attached hydrogen (secondary N) is 2. The highest BCUT2D eigenvalue weighted by molar-refractivity contribution is 5.75. The van der Waals surface area contributed by atoms with Gasteiger partial charge in [0.25, 0.3) is 5.56 Å². The van der Waals surface area contributed by atoms with Gasteiger partial charge in [0.1, 0.15) is 18.8 Å². The monoisotopic (exact) mass is 387 g/mol. The van der Waals surface area contributed by atoms with Crippen molar-refractivity contribution in [3.05, 3.63) is 33.1 Å². The number of aromatic nitrogens is 2. The van der Waals surface area contributed by atoms with Crippen LogP contribution < -0.4 is 16.6 Å². The molecule has 12 nitrogen and oxygen atoms in total. The number of aliphatic hydroxyl groups excluding tert-OH is 1. The highest BCUT2D eigenvalue weighted by atomic mass is 16.6. The van der Waals surface area contributed by atoms with Crippen LogP contribution in [0.1, 0.15) is 27.0 Å². The van der Waals surface area contributed by atoms with Crippen LogP contribution in [0.25, 0.3) is 0 Å². The first-order valence-electron chi connectivity index (χ1n) is 7.92. The molecule has 4 atom stereocenters. The SMILES string of the molecule is CC(C)(C)C(=O)OC[C@H]1O[C@@H](n2ccc(=O)[nH]c2=O)[C@@](O)(NC(=O)O)[C@H]1O. The third-order valence-corrected chi connectivity index (χ3v) is 3.89. The highest BCUT2D eigenvalue weighted by Crippen LogP contribution is 2.36. The first kappa shape index (κ1) is 20.6. The van der Waals surface area contributed by atoms with Crippen LogP contribution in [0.5, 0.6) is 0 Å². The van der Waals surface area contributed by atoms with Gasteiger partial charge in [0.15, 0.2) is 6.23 Å².